The molecule has 0 bridgehead atoms. The van der Waals surface area contributed by atoms with E-state index in [4.69, 9.17) is 24.0 Å². The lowest BCUT2D eigenvalue weighted by Gasteiger charge is -2.15. The first-order valence-electron chi connectivity index (χ1n) is 19.0. The molecule has 0 aliphatic heterocycles. The molecule has 4 aromatic carbocycles. The number of fused-ring (bicyclic) bond motifs is 1. The second-order valence-electron chi connectivity index (χ2n) is 14.5. The van der Waals surface area contributed by atoms with E-state index in [9.17, 15) is 18.8 Å². The molecule has 2 heterocycles. The van der Waals surface area contributed by atoms with Gasteiger partial charge in [-0.3, -0.25) is 14.9 Å². The first-order chi connectivity index (χ1) is 28.8. The van der Waals surface area contributed by atoms with E-state index in [1.807, 2.05) is 61.5 Å². The number of hydrogen-bond donors (Lipinski definition) is 4. The summed E-state index contributed by atoms with van der Waals surface area (Å²) in [6, 6.07) is 25.0. The van der Waals surface area contributed by atoms with E-state index >= 15 is 4.39 Å². The summed E-state index contributed by atoms with van der Waals surface area (Å²) in [5, 5.41) is 16.9. The number of urea groups is 1. The van der Waals surface area contributed by atoms with Crippen molar-refractivity contribution < 1.29 is 42.1 Å². The van der Waals surface area contributed by atoms with Crippen molar-refractivity contribution in [3.8, 4) is 22.9 Å². The van der Waals surface area contributed by atoms with Crippen LogP contribution in [-0.2, 0) is 19.7 Å². The van der Waals surface area contributed by atoms with Crippen LogP contribution in [0.4, 0.5) is 30.9 Å². The first-order valence-corrected chi connectivity index (χ1v) is 19.0. The molecule has 16 heteroatoms. The van der Waals surface area contributed by atoms with Gasteiger partial charge in [0.1, 0.15) is 41.1 Å². The van der Waals surface area contributed by atoms with Gasteiger partial charge in [-0.25, -0.2) is 23.2 Å². The molecule has 14 nitrogen and oxygen atoms in total. The summed E-state index contributed by atoms with van der Waals surface area (Å²) < 4.78 is 52.9. The Hall–Kier alpha value is -6.91. The molecule has 6 rings (SSSR count). The fourth-order valence-corrected chi connectivity index (χ4v) is 5.87. The number of amides is 4. The number of benzene rings is 4. The number of pyridine rings is 1. The third kappa shape index (κ3) is 10.8. The zero-order chi connectivity index (χ0) is 42.8. The van der Waals surface area contributed by atoms with Crippen LogP contribution in [0.1, 0.15) is 42.4 Å². The molecule has 2 aromatic heterocycles. The number of nitrogens with zero attached hydrogens (tertiary/aromatic N) is 3. The van der Waals surface area contributed by atoms with E-state index in [0.717, 1.165) is 29.1 Å². The molecule has 4 amide bonds. The maximum Gasteiger partial charge on any atom is 0.324 e. The highest BCUT2D eigenvalue weighted by Crippen LogP contribution is 2.35. The highest BCUT2D eigenvalue weighted by molar-refractivity contribution is 6.07. The molecule has 0 saturated carbocycles. The minimum atomic E-state index is -1.22. The average Bonchev–Trinajstić information content (AvgIpc) is 3.65. The molecule has 6 aromatic rings. The lowest BCUT2D eigenvalue weighted by Crippen LogP contribution is -2.34. The summed E-state index contributed by atoms with van der Waals surface area (Å²) in [5.41, 5.74) is 2.08. The molecule has 0 radical (unpaired) electrons. The largest absolute Gasteiger partial charge is 0.488 e. The van der Waals surface area contributed by atoms with Crippen LogP contribution >= 0.6 is 0 Å². The number of carbonyl (C=O) groups is 3. The maximum absolute atomic E-state index is 15.0. The van der Waals surface area contributed by atoms with Crippen LogP contribution < -0.4 is 30.7 Å². The van der Waals surface area contributed by atoms with Gasteiger partial charge in [0.05, 0.1) is 43.4 Å². The number of anilines is 3. The molecule has 4 N–H and O–H groups in total. The summed E-state index contributed by atoms with van der Waals surface area (Å²) in [7, 11) is 1.52. The van der Waals surface area contributed by atoms with Gasteiger partial charge < -0.3 is 34.9 Å². The fraction of sp³-hybridized carbons (Fsp3) is 0.250. The number of carbonyl (C=O) groups excluding carboxylic acids is 3. The smallest absolute Gasteiger partial charge is 0.324 e. The van der Waals surface area contributed by atoms with Crippen molar-refractivity contribution in [3.63, 3.8) is 0 Å². The third-order valence-electron chi connectivity index (χ3n) is 8.97. The molecule has 312 valence electrons. The number of hydrogen-bond acceptors (Lipinski definition) is 9. The Morgan fingerprint density at radius 3 is 2.28 bits per heavy atom. The zero-order valence-corrected chi connectivity index (χ0v) is 33.7. The normalized spacial score (nSPS) is 11.2. The number of ether oxygens (including phenoxy) is 4. The van der Waals surface area contributed by atoms with Gasteiger partial charge in [-0.2, -0.15) is 5.10 Å². The minimum Gasteiger partial charge on any atom is -0.488 e. The van der Waals surface area contributed by atoms with Crippen LogP contribution in [0.5, 0.6) is 17.2 Å². The first kappa shape index (κ1) is 42.7. The predicted molar refractivity (Wildman–Crippen MR) is 223 cm³/mol. The monoisotopic (exact) mass is 821 g/mol. The third-order valence-corrected chi connectivity index (χ3v) is 8.97. The second kappa shape index (κ2) is 19.2. The standard InChI is InChI=1S/C44H45F2N7O7/c1-27-10-12-28(13-11-27)53-38(25-36(52-53)44(2,3)4)51-43(56)49-33-15-17-34(31-9-7-6-8-30(31)33)60-29-18-19-47-37(24-29)50-39(54)26-48-42(55)40-32(45)14-16-35(41(40)46)59-23-22-58-21-20-57-5/h6-19,24-25H,20-23,26H2,1-5H3,(H,48,55)(H,47,50,54)(H2,49,51,56). The van der Waals surface area contributed by atoms with Gasteiger partial charge in [0.15, 0.2) is 11.6 Å². The SMILES string of the molecule is COCCOCCOc1ccc(F)c(C(=O)NCC(=O)Nc2cc(Oc3ccc(NC(=O)Nc4cc(C(C)(C)C)nn4-c4ccc(C)cc4)c4ccccc34)ccn2)c1F. The summed E-state index contributed by atoms with van der Waals surface area (Å²) in [6.07, 6.45) is 1.41. The van der Waals surface area contributed by atoms with E-state index in [0.29, 0.717) is 47.0 Å². The topological polar surface area (TPSA) is 167 Å². The van der Waals surface area contributed by atoms with Crippen molar-refractivity contribution in [2.45, 2.75) is 33.1 Å². The minimum absolute atomic E-state index is 0.0499. The second-order valence-corrected chi connectivity index (χ2v) is 14.5. The lowest BCUT2D eigenvalue weighted by molar-refractivity contribution is -0.115. The van der Waals surface area contributed by atoms with Crippen molar-refractivity contribution in [2.24, 2.45) is 0 Å². The molecule has 0 spiro atoms. The molecule has 0 atom stereocenters. The van der Waals surface area contributed by atoms with Crippen LogP contribution in [0, 0.1) is 18.6 Å². The molecule has 0 fully saturated rings. The Balaban J connectivity index is 1.09. The number of aromatic nitrogens is 3. The van der Waals surface area contributed by atoms with Crippen molar-refractivity contribution in [3.05, 3.63) is 126 Å². The van der Waals surface area contributed by atoms with Gasteiger partial charge in [-0.1, -0.05) is 62.7 Å². The number of halogens is 2. The zero-order valence-electron chi connectivity index (χ0n) is 33.7. The fourth-order valence-electron chi connectivity index (χ4n) is 5.87. The summed E-state index contributed by atoms with van der Waals surface area (Å²) in [5.74, 6) is -3.20. The van der Waals surface area contributed by atoms with Gasteiger partial charge in [-0.05, 0) is 49.4 Å². The Morgan fingerprint density at radius 1 is 0.800 bits per heavy atom. The van der Waals surface area contributed by atoms with Gasteiger partial charge in [0.2, 0.25) is 5.91 Å². The molecule has 60 heavy (non-hydrogen) atoms. The van der Waals surface area contributed by atoms with E-state index in [-0.39, 0.29) is 30.2 Å². The summed E-state index contributed by atoms with van der Waals surface area (Å²) in [6.45, 7) is 8.29. The van der Waals surface area contributed by atoms with Crippen LogP contribution in [0.25, 0.3) is 16.5 Å². The number of nitrogens with one attached hydrogen (secondary N) is 4. The molecule has 0 aliphatic rings. The number of methoxy groups -OCH3 is 1. The van der Waals surface area contributed by atoms with E-state index in [1.165, 1.54) is 19.4 Å². The molecule has 0 aliphatic carbocycles. The van der Waals surface area contributed by atoms with Crippen LogP contribution in [-0.4, -0.2) is 72.7 Å². The van der Waals surface area contributed by atoms with E-state index < -0.39 is 41.6 Å². The van der Waals surface area contributed by atoms with Crippen LogP contribution in [0.3, 0.4) is 0 Å². The molecule has 0 saturated heterocycles. The quantitative estimate of drug-likeness (QED) is 0.0705. The van der Waals surface area contributed by atoms with Gasteiger partial charge in [-0.15, -0.1) is 0 Å². The number of rotatable bonds is 16. The average molecular weight is 822 g/mol. The molecular formula is C44H45F2N7O7. The van der Waals surface area contributed by atoms with Gasteiger partial charge >= 0.3 is 6.03 Å². The predicted octanol–water partition coefficient (Wildman–Crippen LogP) is 8.15. The van der Waals surface area contributed by atoms with Crippen molar-refractivity contribution in [2.75, 3.05) is 56.0 Å². The highest BCUT2D eigenvalue weighted by Gasteiger charge is 2.24. The lowest BCUT2D eigenvalue weighted by atomic mass is 9.92. The van der Waals surface area contributed by atoms with Gasteiger partial charge in [0, 0.05) is 41.6 Å². The highest BCUT2D eigenvalue weighted by atomic mass is 19.1. The Labute approximate surface area is 345 Å². The Kier molecular flexibility index (Phi) is 13.7. The Morgan fingerprint density at radius 2 is 1.53 bits per heavy atom. The van der Waals surface area contributed by atoms with Crippen LogP contribution in [0.2, 0.25) is 0 Å². The molecular weight excluding hydrogens is 777 g/mol. The Bertz CT molecular complexity index is 2490. The van der Waals surface area contributed by atoms with Crippen molar-refractivity contribution in [1.82, 2.24) is 20.1 Å². The van der Waals surface area contributed by atoms with E-state index in [2.05, 4.69) is 47.0 Å². The van der Waals surface area contributed by atoms with Gasteiger partial charge in [0.25, 0.3) is 5.91 Å². The maximum atomic E-state index is 15.0. The van der Waals surface area contributed by atoms with Crippen molar-refractivity contribution in [1.29, 1.82) is 0 Å². The summed E-state index contributed by atoms with van der Waals surface area (Å²) in [4.78, 5) is 43.2. The molecule has 0 unspecified atom stereocenters. The van der Waals surface area contributed by atoms with E-state index in [1.54, 1.807) is 22.9 Å². The summed E-state index contributed by atoms with van der Waals surface area (Å²) >= 11 is 0. The number of aryl methyl sites for hydroxylation is 1. The van der Waals surface area contributed by atoms with Crippen LogP contribution in [0.15, 0.2) is 97.2 Å². The van der Waals surface area contributed by atoms with Crippen molar-refractivity contribution >= 4 is 45.9 Å².